The van der Waals surface area contributed by atoms with Gasteiger partial charge in [-0.3, -0.25) is 0 Å². The van der Waals surface area contributed by atoms with Crippen LogP contribution in [0.5, 0.6) is 0 Å². The van der Waals surface area contributed by atoms with Gasteiger partial charge in [-0.1, -0.05) is 0 Å². The van der Waals surface area contributed by atoms with Crippen molar-refractivity contribution >= 4 is 0 Å². The van der Waals surface area contributed by atoms with E-state index in [2.05, 4.69) is 81.3 Å². The Morgan fingerprint density at radius 1 is 0.625 bits per heavy atom. The predicted octanol–water partition coefficient (Wildman–Crippen LogP) is 5.00. The van der Waals surface area contributed by atoms with E-state index in [0.29, 0.717) is 0 Å². The van der Waals surface area contributed by atoms with Crippen molar-refractivity contribution in [3.05, 3.63) is 24.3 Å². The maximum absolute atomic E-state index is 3.12. The van der Waals surface area contributed by atoms with Gasteiger partial charge < -0.3 is 0 Å². The topological polar surface area (TPSA) is 9.72 Å². The molecule has 0 aromatic heterocycles. The minimum absolute atomic E-state index is 0.257. The van der Waals surface area contributed by atoms with Gasteiger partial charge >= 0.3 is 158 Å². The molecule has 0 saturated heterocycles. The van der Waals surface area contributed by atoms with Crippen LogP contribution in [0.15, 0.2) is 24.3 Å². The van der Waals surface area contributed by atoms with Gasteiger partial charge in [-0.05, 0) is 0 Å². The fourth-order valence-electron chi connectivity index (χ4n) is 4.96. The Labute approximate surface area is 157 Å². The number of rotatable bonds is 12. The molecule has 0 radical (unpaired) electrons. The molecular formula is C20H41N3Zr. The van der Waals surface area contributed by atoms with Crippen molar-refractivity contribution < 1.29 is 21.1 Å². The van der Waals surface area contributed by atoms with E-state index >= 15 is 0 Å². The van der Waals surface area contributed by atoms with Gasteiger partial charge in [0.2, 0.25) is 0 Å². The van der Waals surface area contributed by atoms with E-state index in [0.717, 1.165) is 39.3 Å². The molecule has 24 heavy (non-hydrogen) atoms. The molecule has 0 N–H and O–H groups in total. The summed E-state index contributed by atoms with van der Waals surface area (Å²) in [5, 5.41) is 0. The summed E-state index contributed by atoms with van der Waals surface area (Å²) in [6, 6.07) is 0. The number of allylic oxidation sites excluding steroid dienone is 4. The maximum atomic E-state index is 2.91. The second-order valence-electron chi connectivity index (χ2n) is 6.66. The van der Waals surface area contributed by atoms with Gasteiger partial charge in [0.1, 0.15) is 0 Å². The molecular weight excluding hydrogens is 373 g/mol. The van der Waals surface area contributed by atoms with Crippen LogP contribution in [0.2, 0.25) is 3.12 Å². The van der Waals surface area contributed by atoms with Crippen LogP contribution in [-0.4, -0.2) is 47.8 Å². The number of hydrogen-bond acceptors (Lipinski definition) is 3. The summed E-state index contributed by atoms with van der Waals surface area (Å²) < 4.78 is 8.98. The van der Waals surface area contributed by atoms with E-state index in [1.165, 1.54) is 12.8 Å². The third-order valence-corrected chi connectivity index (χ3v) is 21.5. The van der Waals surface area contributed by atoms with Crippen LogP contribution in [-0.2, 0) is 21.1 Å². The van der Waals surface area contributed by atoms with Gasteiger partial charge in [0.15, 0.2) is 0 Å². The third kappa shape index (κ3) is 3.68. The van der Waals surface area contributed by atoms with Crippen LogP contribution in [0.3, 0.4) is 0 Å². The summed E-state index contributed by atoms with van der Waals surface area (Å²) in [5.41, 5.74) is 0. The molecule has 0 aliphatic heterocycles. The van der Waals surface area contributed by atoms with Crippen LogP contribution < -0.4 is 0 Å². The predicted molar refractivity (Wildman–Crippen MR) is 105 cm³/mol. The van der Waals surface area contributed by atoms with Gasteiger partial charge in [-0.2, -0.15) is 0 Å². The fraction of sp³-hybridized carbons (Fsp3) is 0.800. The Morgan fingerprint density at radius 2 is 0.958 bits per heavy atom. The SMILES string of the molecule is CCC[C]1([Zr]([N](CC)CC)([N](CC)CC)[N](CC)CC)C=CC=C1. The second kappa shape index (κ2) is 10.4. The summed E-state index contributed by atoms with van der Waals surface area (Å²) in [4.78, 5) is 0. The van der Waals surface area contributed by atoms with Crippen molar-refractivity contribution in [1.82, 2.24) is 8.53 Å². The zero-order valence-corrected chi connectivity index (χ0v) is 19.8. The van der Waals surface area contributed by atoms with E-state index < -0.39 is 21.1 Å². The van der Waals surface area contributed by atoms with Crippen molar-refractivity contribution in [3.8, 4) is 0 Å². The first-order valence-electron chi connectivity index (χ1n) is 10.2. The first-order chi connectivity index (χ1) is 11.6. The zero-order valence-electron chi connectivity index (χ0n) is 17.3. The Morgan fingerprint density at radius 3 is 1.21 bits per heavy atom. The number of nitrogens with zero attached hydrogens (tertiary/aromatic N) is 3. The molecule has 4 heteroatoms. The van der Waals surface area contributed by atoms with Crippen LogP contribution in [0, 0.1) is 0 Å². The monoisotopic (exact) mass is 413 g/mol. The Bertz CT molecular complexity index is 364. The summed E-state index contributed by atoms with van der Waals surface area (Å²) in [6.07, 6.45) is 12.3. The molecule has 0 unspecified atom stereocenters. The van der Waals surface area contributed by atoms with E-state index in [-0.39, 0.29) is 3.12 Å². The van der Waals surface area contributed by atoms with E-state index in [9.17, 15) is 0 Å². The van der Waals surface area contributed by atoms with Crippen molar-refractivity contribution in [2.75, 3.05) is 39.3 Å². The Hall–Kier alpha value is 0.243. The summed E-state index contributed by atoms with van der Waals surface area (Å²) in [5.74, 6) is 0. The molecule has 1 aliphatic carbocycles. The molecule has 0 aromatic rings. The minimum atomic E-state index is -3.12. The summed E-state index contributed by atoms with van der Waals surface area (Å²) in [7, 11) is 0. The van der Waals surface area contributed by atoms with Crippen LogP contribution in [0.1, 0.15) is 61.3 Å². The molecule has 0 bridgehead atoms. The molecule has 1 aliphatic rings. The average molecular weight is 415 g/mol. The first kappa shape index (κ1) is 22.3. The van der Waals surface area contributed by atoms with Crippen LogP contribution in [0.4, 0.5) is 0 Å². The molecule has 0 aromatic carbocycles. The van der Waals surface area contributed by atoms with Crippen molar-refractivity contribution in [3.63, 3.8) is 0 Å². The average Bonchev–Trinajstić information content (AvgIpc) is 3.07. The van der Waals surface area contributed by atoms with Gasteiger partial charge in [0, 0.05) is 0 Å². The molecule has 140 valence electrons. The molecule has 0 spiro atoms. The molecule has 0 fully saturated rings. The standard InChI is InChI=1S/C8H11.3C4H10N.Zr/c1-2-5-8-6-3-4-7-8;3*1-3-5-4-2;/h3-4,6-7H,2,5H2,1H3;3*3-4H2,1-2H3;/q;3*-1;+3. The molecule has 0 heterocycles. The second-order valence-corrected chi connectivity index (χ2v) is 16.7. The van der Waals surface area contributed by atoms with Crippen molar-refractivity contribution in [2.24, 2.45) is 0 Å². The quantitative estimate of drug-likeness (QED) is 0.445. The third-order valence-electron chi connectivity index (χ3n) is 5.80. The molecule has 1 rings (SSSR count). The van der Waals surface area contributed by atoms with Gasteiger partial charge in [-0.25, -0.2) is 0 Å². The van der Waals surface area contributed by atoms with Crippen LogP contribution >= 0.6 is 0 Å². The van der Waals surface area contributed by atoms with Gasteiger partial charge in [0.05, 0.1) is 0 Å². The van der Waals surface area contributed by atoms with Gasteiger partial charge in [0.25, 0.3) is 0 Å². The summed E-state index contributed by atoms with van der Waals surface area (Å²) in [6.45, 7) is 23.5. The first-order valence-corrected chi connectivity index (χ1v) is 14.7. The Kier molecular flexibility index (Phi) is 9.66. The molecule has 0 saturated carbocycles. The van der Waals surface area contributed by atoms with Gasteiger partial charge in [-0.15, -0.1) is 0 Å². The fourth-order valence-corrected chi connectivity index (χ4v) is 21.8. The number of hydrogen-bond donors (Lipinski definition) is 0. The molecule has 0 atom stereocenters. The van der Waals surface area contributed by atoms with Crippen LogP contribution in [0.25, 0.3) is 0 Å². The van der Waals surface area contributed by atoms with E-state index in [1.807, 2.05) is 0 Å². The van der Waals surface area contributed by atoms with Crippen molar-refractivity contribution in [2.45, 2.75) is 64.4 Å². The molecule has 0 amide bonds. The molecule has 3 nitrogen and oxygen atoms in total. The Balaban J connectivity index is 3.73. The normalized spacial score (nSPS) is 16.9. The van der Waals surface area contributed by atoms with E-state index in [4.69, 9.17) is 0 Å². The van der Waals surface area contributed by atoms with Crippen molar-refractivity contribution in [1.29, 1.82) is 0 Å². The summed E-state index contributed by atoms with van der Waals surface area (Å²) >= 11 is -3.12. The zero-order chi connectivity index (χ0) is 18.2. The van der Waals surface area contributed by atoms with E-state index in [1.54, 1.807) is 0 Å².